The van der Waals surface area contributed by atoms with Crippen molar-refractivity contribution in [2.45, 2.75) is 45.1 Å². The van der Waals surface area contributed by atoms with Gasteiger partial charge in [-0.2, -0.15) is 5.10 Å². The Morgan fingerprint density at radius 2 is 2.11 bits per heavy atom. The molecule has 0 aliphatic heterocycles. The van der Waals surface area contributed by atoms with E-state index in [0.29, 0.717) is 10.4 Å². The Labute approximate surface area is 109 Å². The van der Waals surface area contributed by atoms with Gasteiger partial charge in [0.05, 0.1) is 22.1 Å². The first-order valence-corrected chi connectivity index (χ1v) is 7.32. The van der Waals surface area contributed by atoms with E-state index < -0.39 is 0 Å². The zero-order valence-corrected chi connectivity index (χ0v) is 11.3. The molecule has 4 nitrogen and oxygen atoms in total. The van der Waals surface area contributed by atoms with Gasteiger partial charge in [-0.05, 0) is 19.8 Å². The second kappa shape index (κ2) is 4.39. The molecule has 3 rings (SSSR count). The van der Waals surface area contributed by atoms with Crippen LogP contribution in [0.5, 0.6) is 0 Å². The topological polar surface area (TPSA) is 60.9 Å². The van der Waals surface area contributed by atoms with Gasteiger partial charge in [-0.1, -0.05) is 19.3 Å². The van der Waals surface area contributed by atoms with Crippen molar-refractivity contribution < 1.29 is 0 Å². The predicted molar refractivity (Wildman–Crippen MR) is 75.2 cm³/mol. The molecule has 0 bridgehead atoms. The van der Waals surface area contributed by atoms with Crippen LogP contribution < -0.4 is 11.3 Å². The maximum absolute atomic E-state index is 12.5. The Bertz CT molecular complexity index is 637. The summed E-state index contributed by atoms with van der Waals surface area (Å²) in [4.78, 5) is 12.5. The van der Waals surface area contributed by atoms with E-state index in [2.05, 4.69) is 5.10 Å². The maximum Gasteiger partial charge on any atom is 0.277 e. The van der Waals surface area contributed by atoms with Crippen LogP contribution in [0.15, 0.2) is 10.2 Å². The van der Waals surface area contributed by atoms with Gasteiger partial charge in [0.25, 0.3) is 5.56 Å². The minimum Gasteiger partial charge on any atom is -0.390 e. The van der Waals surface area contributed by atoms with Crippen LogP contribution in [0.25, 0.3) is 10.8 Å². The smallest absolute Gasteiger partial charge is 0.277 e. The summed E-state index contributed by atoms with van der Waals surface area (Å²) in [5, 5.41) is 8.62. The first kappa shape index (κ1) is 11.7. The third-order valence-corrected chi connectivity index (χ3v) is 4.62. The number of aromatic nitrogens is 2. The first-order valence-electron chi connectivity index (χ1n) is 6.44. The van der Waals surface area contributed by atoms with E-state index in [9.17, 15) is 4.79 Å². The Kier molecular flexibility index (Phi) is 2.86. The van der Waals surface area contributed by atoms with E-state index in [1.165, 1.54) is 30.6 Å². The Morgan fingerprint density at radius 1 is 1.39 bits per heavy atom. The molecule has 1 aliphatic carbocycles. The van der Waals surface area contributed by atoms with Gasteiger partial charge < -0.3 is 5.73 Å². The van der Waals surface area contributed by atoms with Crippen LogP contribution >= 0.6 is 11.3 Å². The largest absolute Gasteiger partial charge is 0.390 e. The molecule has 18 heavy (non-hydrogen) atoms. The summed E-state index contributed by atoms with van der Waals surface area (Å²) in [7, 11) is 0. The summed E-state index contributed by atoms with van der Waals surface area (Å²) in [6, 6.07) is 0.258. The summed E-state index contributed by atoms with van der Waals surface area (Å²) in [5.74, 6) is 0. The molecule has 1 fully saturated rings. The van der Waals surface area contributed by atoms with Crippen LogP contribution in [-0.4, -0.2) is 9.78 Å². The molecule has 1 saturated carbocycles. The number of thiophene rings is 1. The van der Waals surface area contributed by atoms with Crippen LogP contribution in [-0.2, 0) is 0 Å². The third-order valence-electron chi connectivity index (χ3n) is 3.81. The molecule has 2 N–H and O–H groups in total. The van der Waals surface area contributed by atoms with Gasteiger partial charge in [-0.25, -0.2) is 4.68 Å². The average molecular weight is 263 g/mol. The number of anilines is 1. The molecule has 96 valence electrons. The van der Waals surface area contributed by atoms with Gasteiger partial charge in [-0.3, -0.25) is 4.79 Å². The van der Waals surface area contributed by atoms with E-state index in [4.69, 9.17) is 5.73 Å². The van der Waals surface area contributed by atoms with Crippen LogP contribution in [0, 0.1) is 6.92 Å². The van der Waals surface area contributed by atoms with Crippen molar-refractivity contribution in [1.82, 2.24) is 9.78 Å². The minimum absolute atomic E-state index is 0.0127. The zero-order chi connectivity index (χ0) is 12.7. The third kappa shape index (κ3) is 1.73. The molecule has 2 aromatic heterocycles. The monoisotopic (exact) mass is 263 g/mol. The number of hydrogen-bond donors (Lipinski definition) is 1. The van der Waals surface area contributed by atoms with Gasteiger partial charge in [0.15, 0.2) is 0 Å². The molecule has 0 spiro atoms. The van der Waals surface area contributed by atoms with E-state index in [1.54, 1.807) is 4.68 Å². The highest BCUT2D eigenvalue weighted by Crippen LogP contribution is 2.30. The van der Waals surface area contributed by atoms with Crippen molar-refractivity contribution in [3.8, 4) is 0 Å². The molecular weight excluding hydrogens is 246 g/mol. The zero-order valence-electron chi connectivity index (χ0n) is 10.5. The lowest BCUT2D eigenvalue weighted by Gasteiger charge is -2.23. The number of fused-ring (bicyclic) bond motifs is 1. The maximum atomic E-state index is 12.5. The van der Waals surface area contributed by atoms with Crippen LogP contribution in [0.1, 0.15) is 43.8 Å². The molecule has 0 amide bonds. The second-order valence-electron chi connectivity index (χ2n) is 5.02. The average Bonchev–Trinajstić information content (AvgIpc) is 2.78. The molecule has 0 atom stereocenters. The van der Waals surface area contributed by atoms with E-state index in [-0.39, 0.29) is 11.6 Å². The summed E-state index contributed by atoms with van der Waals surface area (Å²) < 4.78 is 1.68. The standard InChI is InChI=1S/C13H17N3OS/c1-8-10-7-18-12(14)11(10)13(17)16(15-8)9-5-3-2-4-6-9/h7,9H,2-6,14H2,1H3. The summed E-state index contributed by atoms with van der Waals surface area (Å²) >= 11 is 1.43. The Balaban J connectivity index is 2.20. The van der Waals surface area contributed by atoms with Gasteiger partial charge in [0, 0.05) is 10.8 Å². The van der Waals surface area contributed by atoms with Gasteiger partial charge >= 0.3 is 0 Å². The van der Waals surface area contributed by atoms with Crippen molar-refractivity contribution in [3.05, 3.63) is 21.4 Å². The molecule has 0 saturated heterocycles. The second-order valence-corrected chi connectivity index (χ2v) is 5.93. The van der Waals surface area contributed by atoms with Crippen LogP contribution in [0.4, 0.5) is 5.00 Å². The lowest BCUT2D eigenvalue weighted by Crippen LogP contribution is -2.29. The van der Waals surface area contributed by atoms with Gasteiger partial charge in [-0.15, -0.1) is 11.3 Å². The highest BCUT2D eigenvalue weighted by atomic mass is 32.1. The van der Waals surface area contributed by atoms with E-state index in [0.717, 1.165) is 23.9 Å². The first-order chi connectivity index (χ1) is 8.68. The van der Waals surface area contributed by atoms with Crippen molar-refractivity contribution in [2.24, 2.45) is 0 Å². The van der Waals surface area contributed by atoms with Crippen LogP contribution in [0.2, 0.25) is 0 Å². The lowest BCUT2D eigenvalue weighted by molar-refractivity contribution is 0.319. The molecule has 2 aromatic rings. The molecule has 2 heterocycles. The fourth-order valence-electron chi connectivity index (χ4n) is 2.81. The van der Waals surface area contributed by atoms with Crippen molar-refractivity contribution in [2.75, 3.05) is 5.73 Å². The molecule has 0 unspecified atom stereocenters. The molecule has 0 radical (unpaired) electrons. The van der Waals surface area contributed by atoms with Crippen molar-refractivity contribution in [3.63, 3.8) is 0 Å². The summed E-state index contributed by atoms with van der Waals surface area (Å²) in [6.07, 6.45) is 5.76. The Morgan fingerprint density at radius 3 is 2.83 bits per heavy atom. The van der Waals surface area contributed by atoms with Gasteiger partial charge in [0.1, 0.15) is 0 Å². The highest BCUT2D eigenvalue weighted by Gasteiger charge is 2.20. The molecule has 0 aromatic carbocycles. The van der Waals surface area contributed by atoms with Gasteiger partial charge in [0.2, 0.25) is 0 Å². The lowest BCUT2D eigenvalue weighted by atomic mass is 9.95. The van der Waals surface area contributed by atoms with Crippen molar-refractivity contribution >= 4 is 27.1 Å². The molecule has 1 aliphatic rings. The number of hydrogen-bond acceptors (Lipinski definition) is 4. The minimum atomic E-state index is -0.0127. The Hall–Kier alpha value is -1.36. The number of rotatable bonds is 1. The fourth-order valence-corrected chi connectivity index (χ4v) is 3.66. The quantitative estimate of drug-likeness (QED) is 0.860. The summed E-state index contributed by atoms with van der Waals surface area (Å²) in [6.45, 7) is 1.95. The predicted octanol–water partition coefficient (Wildman–Crippen LogP) is 2.85. The number of nitrogen functional groups attached to an aromatic ring is 1. The highest BCUT2D eigenvalue weighted by molar-refractivity contribution is 7.15. The summed E-state index contributed by atoms with van der Waals surface area (Å²) in [5.41, 5.74) is 6.81. The number of nitrogens with zero attached hydrogens (tertiary/aromatic N) is 2. The SMILES string of the molecule is Cc1nn(C2CCCCC2)c(=O)c2c(N)scc12. The van der Waals surface area contributed by atoms with Crippen LogP contribution in [0.3, 0.4) is 0 Å². The van der Waals surface area contributed by atoms with E-state index in [1.807, 2.05) is 12.3 Å². The number of aryl methyl sites for hydroxylation is 1. The molecule has 5 heteroatoms. The van der Waals surface area contributed by atoms with E-state index >= 15 is 0 Å². The fraction of sp³-hybridized carbons (Fsp3) is 0.538. The number of nitrogens with two attached hydrogens (primary N) is 1. The molecular formula is C13H17N3OS. The van der Waals surface area contributed by atoms with Crippen molar-refractivity contribution in [1.29, 1.82) is 0 Å². The normalized spacial score (nSPS) is 17.4.